The van der Waals surface area contributed by atoms with Crippen LogP contribution in [-0.2, 0) is 13.9 Å². The summed E-state index contributed by atoms with van der Waals surface area (Å²) < 4.78 is 41.0. The number of carboxylic acids is 1. The Morgan fingerprint density at radius 2 is 2.06 bits per heavy atom. The minimum Gasteiger partial charge on any atom is -0.480 e. The Bertz CT molecular complexity index is 1290. The number of imidazole rings is 1. The van der Waals surface area contributed by atoms with Gasteiger partial charge >= 0.3 is 13.7 Å². The molecule has 0 bridgehead atoms. The number of nitrogens with one attached hydrogen (secondary N) is 1. The Morgan fingerprint density at radius 1 is 1.34 bits per heavy atom. The molecule has 5 N–H and O–H groups in total. The van der Waals surface area contributed by atoms with E-state index in [2.05, 4.69) is 26.6 Å². The molecule has 1 fully saturated rings. The molecule has 2 aromatic heterocycles. The van der Waals surface area contributed by atoms with Crippen LogP contribution in [0.2, 0.25) is 0 Å². The van der Waals surface area contributed by atoms with Crippen LogP contribution in [0, 0.1) is 5.92 Å². The first kappa shape index (κ1) is 24.7. The predicted octanol–water partition coefficient (Wildman–Crippen LogP) is 2.10. The number of hydrogen-bond acceptors (Lipinski definition) is 9. The minimum absolute atomic E-state index is 0.117. The fourth-order valence-corrected chi connectivity index (χ4v) is 5.36. The number of nitrogens with two attached hydrogens (primary N) is 1. The third-order valence-corrected chi connectivity index (χ3v) is 7.34. The Hall–Kier alpha value is -3.38. The number of nitrogen functional groups attached to an aromatic ring is 1. The summed E-state index contributed by atoms with van der Waals surface area (Å²) >= 11 is 0. The summed E-state index contributed by atoms with van der Waals surface area (Å²) in [5, 5.41) is 22.2. The van der Waals surface area contributed by atoms with E-state index in [1.54, 1.807) is 18.2 Å². The third kappa shape index (κ3) is 4.89. The number of carbonyl (C=O) groups is 1. The molecule has 0 spiro atoms. The first-order valence-corrected chi connectivity index (χ1v) is 12.1. The molecule has 3 aromatic rings. The lowest BCUT2D eigenvalue weighted by molar-refractivity contribution is -0.138. The SMILES string of the molecule is C=C1[C@@H](n2cnc3c(N)ncnc32)[C@@H](F)[C@H](O)[C@H]1CO[P@](=O)(N[C@@H](C)C(=O)O)Oc1ccccc1. The highest BCUT2D eigenvalue weighted by Gasteiger charge is 2.48. The number of halogens is 1. The molecule has 12 nitrogen and oxygen atoms in total. The molecule has 14 heteroatoms. The summed E-state index contributed by atoms with van der Waals surface area (Å²) in [7, 11) is -4.26. The number of benzene rings is 1. The highest BCUT2D eigenvalue weighted by atomic mass is 31.2. The van der Waals surface area contributed by atoms with E-state index in [9.17, 15) is 19.6 Å². The maximum atomic E-state index is 15.3. The van der Waals surface area contributed by atoms with Gasteiger partial charge in [0.2, 0.25) is 0 Å². The van der Waals surface area contributed by atoms with E-state index in [1.807, 2.05) is 0 Å². The van der Waals surface area contributed by atoms with Crippen molar-refractivity contribution in [1.82, 2.24) is 24.6 Å². The summed E-state index contributed by atoms with van der Waals surface area (Å²) in [6, 6.07) is 5.66. The van der Waals surface area contributed by atoms with Crippen LogP contribution < -0.4 is 15.3 Å². The number of nitrogens with zero attached hydrogens (tertiary/aromatic N) is 4. The van der Waals surface area contributed by atoms with Crippen LogP contribution in [0.3, 0.4) is 0 Å². The predicted molar refractivity (Wildman–Crippen MR) is 123 cm³/mol. The van der Waals surface area contributed by atoms with Crippen molar-refractivity contribution in [3.05, 3.63) is 55.1 Å². The van der Waals surface area contributed by atoms with Gasteiger partial charge in [0.1, 0.15) is 23.6 Å². The first-order valence-electron chi connectivity index (χ1n) is 10.5. The van der Waals surface area contributed by atoms with Gasteiger partial charge < -0.3 is 25.0 Å². The van der Waals surface area contributed by atoms with E-state index in [0.29, 0.717) is 0 Å². The van der Waals surface area contributed by atoms with E-state index < -0.39 is 50.6 Å². The number of aliphatic hydroxyl groups excluding tert-OH is 1. The highest BCUT2D eigenvalue weighted by Crippen LogP contribution is 2.48. The maximum absolute atomic E-state index is 15.3. The van der Waals surface area contributed by atoms with E-state index in [0.717, 1.165) is 0 Å². The Labute approximate surface area is 199 Å². The normalized spacial score (nSPS) is 24.8. The van der Waals surface area contributed by atoms with Crippen molar-refractivity contribution in [3.8, 4) is 5.75 Å². The molecule has 0 unspecified atom stereocenters. The van der Waals surface area contributed by atoms with Crippen LogP contribution in [0.15, 0.2) is 55.1 Å². The van der Waals surface area contributed by atoms with Crippen molar-refractivity contribution in [3.63, 3.8) is 0 Å². The van der Waals surface area contributed by atoms with Crippen molar-refractivity contribution in [2.75, 3.05) is 12.3 Å². The van der Waals surface area contributed by atoms with Gasteiger partial charge in [0.25, 0.3) is 0 Å². The van der Waals surface area contributed by atoms with Crippen molar-refractivity contribution in [2.45, 2.75) is 31.3 Å². The number of alkyl halides is 1. The van der Waals surface area contributed by atoms with E-state index in [4.69, 9.17) is 14.8 Å². The first-order chi connectivity index (χ1) is 16.6. The lowest BCUT2D eigenvalue weighted by Crippen LogP contribution is -2.34. The fraction of sp³-hybridized carbons (Fsp3) is 0.333. The van der Waals surface area contributed by atoms with Gasteiger partial charge in [-0.3, -0.25) is 9.32 Å². The van der Waals surface area contributed by atoms with Crippen LogP contribution >= 0.6 is 7.75 Å². The zero-order valence-electron chi connectivity index (χ0n) is 18.6. The quantitative estimate of drug-likeness (QED) is 0.247. The number of para-hydroxylation sites is 1. The van der Waals surface area contributed by atoms with Gasteiger partial charge in [-0.15, -0.1) is 0 Å². The second-order valence-corrected chi connectivity index (χ2v) is 9.72. The number of anilines is 1. The number of rotatable bonds is 9. The van der Waals surface area contributed by atoms with Crippen LogP contribution in [0.25, 0.3) is 11.2 Å². The molecule has 0 radical (unpaired) electrons. The number of hydrogen-bond donors (Lipinski definition) is 4. The van der Waals surface area contributed by atoms with E-state index >= 15 is 4.39 Å². The second-order valence-electron chi connectivity index (χ2n) is 8.03. The van der Waals surface area contributed by atoms with Crippen LogP contribution in [-0.4, -0.2) is 60.6 Å². The van der Waals surface area contributed by atoms with Crippen molar-refractivity contribution in [2.24, 2.45) is 5.92 Å². The van der Waals surface area contributed by atoms with E-state index in [-0.39, 0.29) is 28.3 Å². The summed E-state index contributed by atoms with van der Waals surface area (Å²) in [4.78, 5) is 23.4. The van der Waals surface area contributed by atoms with Gasteiger partial charge in [0.15, 0.2) is 17.6 Å². The smallest absolute Gasteiger partial charge is 0.459 e. The van der Waals surface area contributed by atoms with Crippen LogP contribution in [0.1, 0.15) is 13.0 Å². The van der Waals surface area contributed by atoms with Crippen LogP contribution in [0.5, 0.6) is 5.75 Å². The van der Waals surface area contributed by atoms with Gasteiger partial charge in [0, 0.05) is 5.92 Å². The van der Waals surface area contributed by atoms with Crippen molar-refractivity contribution in [1.29, 1.82) is 0 Å². The zero-order chi connectivity index (χ0) is 25.3. The summed E-state index contributed by atoms with van der Waals surface area (Å²) in [5.41, 5.74) is 6.57. The Balaban J connectivity index is 1.56. The lowest BCUT2D eigenvalue weighted by Gasteiger charge is -2.24. The second kappa shape index (κ2) is 9.70. The average Bonchev–Trinajstić information content (AvgIpc) is 3.32. The van der Waals surface area contributed by atoms with E-state index in [1.165, 1.54) is 36.3 Å². The molecule has 186 valence electrons. The Morgan fingerprint density at radius 3 is 2.74 bits per heavy atom. The standard InChI is InChI=1S/C21H24FN6O6P/c1-11-14(8-33-35(32,27-12(2)21(30)31)34-13-6-4-3-5-7-13)18(29)15(22)17(11)28-10-26-16-19(23)24-9-25-20(16)28/h3-7,9-10,12,14-15,17-18,29H,1,8H2,2H3,(H,27,32)(H,30,31)(H2,23,24,25)/t12-,14-,15+,17+,18+,35+/m0/s1. The summed E-state index contributed by atoms with van der Waals surface area (Å²) in [6.07, 6.45) is -0.839. The monoisotopic (exact) mass is 506 g/mol. The minimum atomic E-state index is -4.26. The fourth-order valence-electron chi connectivity index (χ4n) is 3.84. The molecule has 2 heterocycles. The topological polar surface area (TPSA) is 175 Å². The molecule has 1 aliphatic carbocycles. The summed E-state index contributed by atoms with van der Waals surface area (Å²) in [5.74, 6) is -2.00. The molecule has 0 amide bonds. The Kier molecular flexibility index (Phi) is 6.86. The summed E-state index contributed by atoms with van der Waals surface area (Å²) in [6.45, 7) is 4.73. The van der Waals surface area contributed by atoms with Gasteiger partial charge in [0.05, 0.1) is 25.1 Å². The van der Waals surface area contributed by atoms with Crippen molar-refractivity contribution >= 4 is 30.7 Å². The van der Waals surface area contributed by atoms with Gasteiger partial charge in [-0.05, 0) is 24.6 Å². The van der Waals surface area contributed by atoms with Crippen LogP contribution in [0.4, 0.5) is 10.2 Å². The molecule has 1 aliphatic rings. The molecule has 4 rings (SSSR count). The van der Waals surface area contributed by atoms with Gasteiger partial charge in [-0.25, -0.2) is 23.9 Å². The van der Waals surface area contributed by atoms with Gasteiger partial charge in [-0.2, -0.15) is 5.09 Å². The number of aliphatic carboxylic acids is 1. The maximum Gasteiger partial charge on any atom is 0.459 e. The molecular formula is C21H24FN6O6P. The number of aliphatic hydroxyl groups is 1. The molecule has 0 saturated heterocycles. The molecule has 6 atom stereocenters. The largest absolute Gasteiger partial charge is 0.480 e. The van der Waals surface area contributed by atoms with Crippen molar-refractivity contribution < 1.29 is 33.0 Å². The highest BCUT2D eigenvalue weighted by molar-refractivity contribution is 7.52. The average molecular weight is 506 g/mol. The number of fused-ring (bicyclic) bond motifs is 1. The number of carboxylic acid groups (broad SMARTS) is 1. The molecule has 35 heavy (non-hydrogen) atoms. The molecule has 1 saturated carbocycles. The third-order valence-electron chi connectivity index (χ3n) is 5.70. The van der Waals surface area contributed by atoms with Gasteiger partial charge in [-0.1, -0.05) is 24.8 Å². The zero-order valence-corrected chi connectivity index (χ0v) is 19.5. The number of aromatic nitrogens is 4. The molecular weight excluding hydrogens is 482 g/mol. The molecule has 1 aromatic carbocycles. The molecule has 0 aliphatic heterocycles. The lowest BCUT2D eigenvalue weighted by atomic mass is 10.0.